The molecule has 2 aromatic rings. The number of piperidine rings is 1. The van der Waals surface area contributed by atoms with E-state index in [1.807, 2.05) is 28.9 Å². The number of benzene rings is 1. The molecular formula is C29H41N5O2. The summed E-state index contributed by atoms with van der Waals surface area (Å²) in [6, 6.07) is 7.95. The molecule has 0 atom stereocenters. The van der Waals surface area contributed by atoms with Gasteiger partial charge in [0.05, 0.1) is 5.52 Å². The molecule has 2 N–H and O–H groups in total. The van der Waals surface area contributed by atoms with Gasteiger partial charge in [-0.25, -0.2) is 0 Å². The van der Waals surface area contributed by atoms with Gasteiger partial charge in [-0.2, -0.15) is 5.10 Å². The van der Waals surface area contributed by atoms with E-state index in [1.165, 1.54) is 38.5 Å². The standard InChI is InChI=1S/C29H41N5O2/c1-2-10-34-25-6-4-3-5-24(25)26(32-34)28(36)30-9-13-33-11-7-23(8-12-33)27(35)31-29-17-20-14-21(18-29)16-22(15-20)19-29/h3-6,20-23H,2,7-19H2,1H3,(H,30,36)(H,31,35). The molecule has 1 aromatic heterocycles. The molecule has 4 bridgehead atoms. The van der Waals surface area contributed by atoms with E-state index >= 15 is 0 Å². The van der Waals surface area contributed by atoms with E-state index in [0.29, 0.717) is 18.1 Å². The van der Waals surface area contributed by atoms with E-state index in [0.717, 1.165) is 74.1 Å². The van der Waals surface area contributed by atoms with E-state index in [4.69, 9.17) is 0 Å². The average molecular weight is 492 g/mol. The SMILES string of the molecule is CCCn1nc(C(=O)NCCN2CCC(C(=O)NC34CC5CC(CC(C5)C3)C4)CC2)c2ccccc21. The number of hydrogen-bond donors (Lipinski definition) is 2. The van der Waals surface area contributed by atoms with Crippen LogP contribution < -0.4 is 10.6 Å². The van der Waals surface area contributed by atoms with Crippen LogP contribution in [0.2, 0.25) is 0 Å². The van der Waals surface area contributed by atoms with E-state index in [-0.39, 0.29) is 17.4 Å². The van der Waals surface area contributed by atoms with Gasteiger partial charge in [0.15, 0.2) is 5.69 Å². The maximum atomic E-state index is 13.2. The molecule has 4 aliphatic carbocycles. The summed E-state index contributed by atoms with van der Waals surface area (Å²) >= 11 is 0. The molecule has 0 unspecified atom stereocenters. The molecule has 0 radical (unpaired) electrons. The topological polar surface area (TPSA) is 79.3 Å². The molecule has 5 aliphatic rings. The van der Waals surface area contributed by atoms with Crippen molar-refractivity contribution in [1.82, 2.24) is 25.3 Å². The maximum Gasteiger partial charge on any atom is 0.272 e. The quantitative estimate of drug-likeness (QED) is 0.586. The van der Waals surface area contributed by atoms with E-state index in [1.54, 1.807) is 0 Å². The fourth-order valence-corrected chi connectivity index (χ4v) is 8.13. The Balaban J connectivity index is 0.968. The molecule has 7 heteroatoms. The first-order valence-corrected chi connectivity index (χ1v) is 14.3. The van der Waals surface area contributed by atoms with Crippen LogP contribution in [-0.2, 0) is 11.3 Å². The average Bonchev–Trinajstić information content (AvgIpc) is 3.22. The molecule has 7 rings (SSSR count). The zero-order valence-corrected chi connectivity index (χ0v) is 21.7. The number of para-hydroxylation sites is 1. The van der Waals surface area contributed by atoms with Crippen molar-refractivity contribution in [3.8, 4) is 0 Å². The van der Waals surface area contributed by atoms with E-state index in [9.17, 15) is 9.59 Å². The number of amides is 2. The molecule has 1 aromatic carbocycles. The Morgan fingerprint density at radius 1 is 1.00 bits per heavy atom. The van der Waals surface area contributed by atoms with Crippen LogP contribution in [0.1, 0.15) is 75.2 Å². The van der Waals surface area contributed by atoms with Crippen LogP contribution in [0.15, 0.2) is 24.3 Å². The van der Waals surface area contributed by atoms with Crippen molar-refractivity contribution in [1.29, 1.82) is 0 Å². The predicted octanol–water partition coefficient (Wildman–Crippen LogP) is 3.97. The molecule has 5 fully saturated rings. The number of carbonyl (C=O) groups is 2. The molecule has 1 aliphatic heterocycles. The van der Waals surface area contributed by atoms with Crippen molar-refractivity contribution < 1.29 is 9.59 Å². The van der Waals surface area contributed by atoms with Crippen molar-refractivity contribution >= 4 is 22.7 Å². The number of nitrogens with one attached hydrogen (secondary N) is 2. The number of likely N-dealkylation sites (tertiary alicyclic amines) is 1. The molecule has 0 spiro atoms. The smallest absolute Gasteiger partial charge is 0.272 e. The third-order valence-electron chi connectivity index (χ3n) is 9.41. The fourth-order valence-electron chi connectivity index (χ4n) is 8.13. The highest BCUT2D eigenvalue weighted by Gasteiger charge is 2.51. The summed E-state index contributed by atoms with van der Waals surface area (Å²) in [7, 11) is 0. The van der Waals surface area contributed by atoms with Gasteiger partial charge in [-0.1, -0.05) is 25.1 Å². The molecular weight excluding hydrogens is 450 g/mol. The lowest BCUT2D eigenvalue weighted by Crippen LogP contribution is -2.61. The van der Waals surface area contributed by atoms with Crippen LogP contribution in [0.4, 0.5) is 0 Å². The Labute approximate surface area is 214 Å². The Hall–Kier alpha value is -2.41. The van der Waals surface area contributed by atoms with E-state index < -0.39 is 0 Å². The van der Waals surface area contributed by atoms with Crippen LogP contribution in [-0.4, -0.2) is 58.2 Å². The molecule has 194 valence electrons. The van der Waals surface area contributed by atoms with Gasteiger partial charge >= 0.3 is 0 Å². The van der Waals surface area contributed by atoms with Crippen molar-refractivity contribution in [2.75, 3.05) is 26.2 Å². The Bertz CT molecular complexity index is 1080. The van der Waals surface area contributed by atoms with E-state index in [2.05, 4.69) is 27.6 Å². The normalized spacial score (nSPS) is 30.1. The van der Waals surface area contributed by atoms with Crippen molar-refractivity contribution in [3.63, 3.8) is 0 Å². The first-order chi connectivity index (χ1) is 17.5. The van der Waals surface area contributed by atoms with Crippen LogP contribution in [0.25, 0.3) is 10.9 Å². The summed E-state index contributed by atoms with van der Waals surface area (Å²) in [5.41, 5.74) is 1.64. The van der Waals surface area contributed by atoms with Crippen LogP contribution in [0, 0.1) is 23.7 Å². The van der Waals surface area contributed by atoms with Gasteiger partial charge < -0.3 is 15.5 Å². The number of hydrogen-bond acceptors (Lipinski definition) is 4. The fraction of sp³-hybridized carbons (Fsp3) is 0.690. The number of fused-ring (bicyclic) bond motifs is 1. The van der Waals surface area contributed by atoms with Crippen molar-refractivity contribution in [2.45, 2.75) is 76.8 Å². The highest BCUT2D eigenvalue weighted by Crippen LogP contribution is 2.55. The summed E-state index contributed by atoms with van der Waals surface area (Å²) in [6.45, 7) is 6.16. The molecule has 1 saturated heterocycles. The lowest BCUT2D eigenvalue weighted by Gasteiger charge is -2.57. The van der Waals surface area contributed by atoms with Crippen LogP contribution in [0.3, 0.4) is 0 Å². The molecule has 2 amide bonds. The lowest BCUT2D eigenvalue weighted by atomic mass is 9.53. The van der Waals surface area contributed by atoms with Gasteiger partial charge in [0.2, 0.25) is 5.91 Å². The molecule has 7 nitrogen and oxygen atoms in total. The molecule has 4 saturated carbocycles. The minimum atomic E-state index is -0.106. The van der Waals surface area contributed by atoms with Crippen LogP contribution in [0.5, 0.6) is 0 Å². The van der Waals surface area contributed by atoms with Gasteiger partial charge in [0, 0.05) is 36.5 Å². The van der Waals surface area contributed by atoms with Gasteiger partial charge in [0.25, 0.3) is 5.91 Å². The van der Waals surface area contributed by atoms with Gasteiger partial charge in [-0.05, 0) is 94.7 Å². The van der Waals surface area contributed by atoms with Crippen LogP contribution >= 0.6 is 0 Å². The van der Waals surface area contributed by atoms with Gasteiger partial charge in [-0.15, -0.1) is 0 Å². The maximum absolute atomic E-state index is 13.2. The predicted molar refractivity (Wildman–Crippen MR) is 141 cm³/mol. The Kier molecular flexibility index (Phi) is 6.53. The monoisotopic (exact) mass is 491 g/mol. The minimum absolute atomic E-state index is 0.106. The number of carbonyl (C=O) groups excluding carboxylic acids is 2. The minimum Gasteiger partial charge on any atom is -0.350 e. The van der Waals surface area contributed by atoms with Gasteiger partial charge in [0.1, 0.15) is 0 Å². The molecule has 2 heterocycles. The summed E-state index contributed by atoms with van der Waals surface area (Å²) < 4.78 is 1.93. The molecule has 36 heavy (non-hydrogen) atoms. The third kappa shape index (κ3) is 4.67. The highest BCUT2D eigenvalue weighted by atomic mass is 16.2. The second kappa shape index (κ2) is 9.81. The summed E-state index contributed by atoms with van der Waals surface area (Å²) in [4.78, 5) is 28.5. The third-order valence-corrected chi connectivity index (χ3v) is 9.41. The summed E-state index contributed by atoms with van der Waals surface area (Å²) in [6.07, 6.45) is 10.7. The van der Waals surface area contributed by atoms with Crippen molar-refractivity contribution in [2.24, 2.45) is 23.7 Å². The summed E-state index contributed by atoms with van der Waals surface area (Å²) in [5, 5.41) is 12.2. The first-order valence-electron chi connectivity index (χ1n) is 14.3. The second-order valence-electron chi connectivity index (χ2n) is 12.1. The van der Waals surface area contributed by atoms with Gasteiger partial charge in [-0.3, -0.25) is 14.3 Å². The largest absolute Gasteiger partial charge is 0.350 e. The zero-order valence-electron chi connectivity index (χ0n) is 21.7. The number of aryl methyl sites for hydroxylation is 1. The Morgan fingerprint density at radius 2 is 1.67 bits per heavy atom. The second-order valence-corrected chi connectivity index (χ2v) is 12.1. The van der Waals surface area contributed by atoms with Crippen molar-refractivity contribution in [3.05, 3.63) is 30.0 Å². The Morgan fingerprint density at radius 3 is 2.33 bits per heavy atom. The summed E-state index contributed by atoms with van der Waals surface area (Å²) in [5.74, 6) is 2.90. The number of aromatic nitrogens is 2. The highest BCUT2D eigenvalue weighted by molar-refractivity contribution is 6.04. The zero-order chi connectivity index (χ0) is 24.7. The number of nitrogens with zero attached hydrogens (tertiary/aromatic N) is 3. The first kappa shape index (κ1) is 24.0. The number of rotatable bonds is 8. The lowest BCUT2D eigenvalue weighted by molar-refractivity contribution is -0.132.